The topological polar surface area (TPSA) is 86.8 Å². The highest BCUT2D eigenvalue weighted by Crippen LogP contribution is 2.23. The number of benzene rings is 3. The van der Waals surface area contributed by atoms with Crippen LogP contribution in [-0.4, -0.2) is 48.6 Å². The molecule has 0 radical (unpaired) electrons. The first-order valence-corrected chi connectivity index (χ1v) is 16.0. The largest absolute Gasteiger partial charge is 0.350 e. The first-order valence-electron chi connectivity index (χ1n) is 13.4. The Kier molecular flexibility index (Phi) is 10.7. The Morgan fingerprint density at radius 1 is 0.902 bits per heavy atom. The number of amides is 2. The number of hydrogen-bond donors (Lipinski definition) is 1. The van der Waals surface area contributed by atoms with Crippen molar-refractivity contribution < 1.29 is 18.0 Å². The molecule has 1 aliphatic rings. The van der Waals surface area contributed by atoms with Crippen molar-refractivity contribution in [3.05, 3.63) is 98.5 Å². The Bertz CT molecular complexity index is 1480. The summed E-state index contributed by atoms with van der Waals surface area (Å²) in [5.41, 5.74) is 2.38. The molecule has 3 aromatic carbocycles. The van der Waals surface area contributed by atoms with E-state index in [9.17, 15) is 18.0 Å². The van der Waals surface area contributed by atoms with Crippen LogP contribution >= 0.6 is 34.8 Å². The van der Waals surface area contributed by atoms with Crippen molar-refractivity contribution in [2.45, 2.75) is 56.6 Å². The van der Waals surface area contributed by atoms with Crippen molar-refractivity contribution in [2.75, 3.05) is 13.1 Å². The average molecular weight is 637 g/mol. The molecule has 2 amide bonds. The van der Waals surface area contributed by atoms with Gasteiger partial charge >= 0.3 is 0 Å². The summed E-state index contributed by atoms with van der Waals surface area (Å²) in [6, 6.07) is 18.1. The van der Waals surface area contributed by atoms with Gasteiger partial charge in [-0.1, -0.05) is 65.1 Å². The Morgan fingerprint density at radius 3 is 2.15 bits per heavy atom. The second kappa shape index (κ2) is 14.0. The number of carbonyl (C=O) groups is 2. The second-order valence-corrected chi connectivity index (χ2v) is 13.3. The van der Waals surface area contributed by atoms with Gasteiger partial charge in [0.2, 0.25) is 21.8 Å². The van der Waals surface area contributed by atoms with Crippen LogP contribution in [0.25, 0.3) is 0 Å². The molecular weight excluding hydrogens is 605 g/mol. The molecule has 11 heteroatoms. The van der Waals surface area contributed by atoms with Gasteiger partial charge in [-0.05, 0) is 79.3 Å². The van der Waals surface area contributed by atoms with Crippen LogP contribution in [0.1, 0.15) is 42.9 Å². The minimum Gasteiger partial charge on any atom is -0.350 e. The lowest BCUT2D eigenvalue weighted by Gasteiger charge is -2.29. The lowest BCUT2D eigenvalue weighted by molar-refractivity contribution is -0.140. The quantitative estimate of drug-likeness (QED) is 0.276. The molecule has 0 saturated carbocycles. The van der Waals surface area contributed by atoms with Crippen LogP contribution in [0.15, 0.2) is 71.6 Å². The fourth-order valence-electron chi connectivity index (χ4n) is 4.66. The van der Waals surface area contributed by atoms with Crippen molar-refractivity contribution in [1.29, 1.82) is 0 Å². The van der Waals surface area contributed by atoms with E-state index >= 15 is 0 Å². The van der Waals surface area contributed by atoms with Crippen LogP contribution in [0.2, 0.25) is 15.1 Å². The Labute approximate surface area is 256 Å². The maximum Gasteiger partial charge on any atom is 0.243 e. The summed E-state index contributed by atoms with van der Waals surface area (Å²) in [6.45, 7) is 3.18. The number of hydrogen-bond acceptors (Lipinski definition) is 4. The van der Waals surface area contributed by atoms with E-state index in [2.05, 4.69) is 5.32 Å². The van der Waals surface area contributed by atoms with Crippen molar-refractivity contribution >= 4 is 56.6 Å². The third kappa shape index (κ3) is 8.23. The molecule has 0 aliphatic carbocycles. The van der Waals surface area contributed by atoms with E-state index in [-0.39, 0.29) is 36.2 Å². The van der Waals surface area contributed by atoms with Crippen LogP contribution in [-0.2, 0) is 39.1 Å². The zero-order chi connectivity index (χ0) is 29.6. The highest BCUT2D eigenvalue weighted by Gasteiger charge is 2.28. The van der Waals surface area contributed by atoms with Crippen molar-refractivity contribution in [3.63, 3.8) is 0 Å². The van der Waals surface area contributed by atoms with E-state index in [1.54, 1.807) is 61.5 Å². The molecule has 1 unspecified atom stereocenters. The molecule has 41 heavy (non-hydrogen) atoms. The van der Waals surface area contributed by atoms with Gasteiger partial charge in [0.1, 0.15) is 6.04 Å². The van der Waals surface area contributed by atoms with Crippen molar-refractivity contribution in [2.24, 2.45) is 0 Å². The number of nitrogens with one attached hydrogen (secondary N) is 1. The normalized spacial score (nSPS) is 14.5. The van der Waals surface area contributed by atoms with Gasteiger partial charge in [0.05, 0.1) is 4.90 Å². The summed E-state index contributed by atoms with van der Waals surface area (Å²) in [4.78, 5) is 28.4. The van der Waals surface area contributed by atoms with Crippen LogP contribution in [0.4, 0.5) is 0 Å². The summed E-state index contributed by atoms with van der Waals surface area (Å²) in [5, 5.41) is 4.38. The molecule has 3 aromatic rings. The fraction of sp³-hybridized carbons (Fsp3) is 0.333. The minimum absolute atomic E-state index is 0.145. The van der Waals surface area contributed by atoms with Crippen LogP contribution in [0, 0.1) is 0 Å². The maximum absolute atomic E-state index is 13.5. The van der Waals surface area contributed by atoms with Gasteiger partial charge in [0.25, 0.3) is 0 Å². The molecule has 1 atom stereocenters. The summed E-state index contributed by atoms with van der Waals surface area (Å²) < 4.78 is 27.1. The van der Waals surface area contributed by atoms with E-state index in [1.165, 1.54) is 9.21 Å². The van der Waals surface area contributed by atoms with Gasteiger partial charge in [-0.2, -0.15) is 4.31 Å². The monoisotopic (exact) mass is 635 g/mol. The molecule has 218 valence electrons. The average Bonchev–Trinajstić information content (AvgIpc) is 3.51. The molecule has 7 nitrogen and oxygen atoms in total. The Morgan fingerprint density at radius 2 is 1.51 bits per heavy atom. The summed E-state index contributed by atoms with van der Waals surface area (Å²) in [6.07, 6.45) is 2.29. The molecule has 1 aliphatic heterocycles. The van der Waals surface area contributed by atoms with Crippen LogP contribution in [0.5, 0.6) is 0 Å². The van der Waals surface area contributed by atoms with E-state index < -0.39 is 16.1 Å². The lowest BCUT2D eigenvalue weighted by atomic mass is 10.1. The maximum atomic E-state index is 13.5. The number of nitrogens with zero attached hydrogens (tertiary/aromatic N) is 2. The molecule has 1 heterocycles. The minimum atomic E-state index is -3.50. The standard InChI is InChI=1S/C30H32Cl3N3O4S/c1-21(30(38)34-19-24-9-12-26(32)18-28(24)33)36(20-23-4-10-25(31)11-5-23)29(37)15-8-22-6-13-27(14-7-22)41(39,40)35-16-2-3-17-35/h4-7,9-14,18,21H,2-3,8,15-17,19-20H2,1H3,(H,34,38). The van der Waals surface area contributed by atoms with Crippen molar-refractivity contribution in [1.82, 2.24) is 14.5 Å². The fourth-order valence-corrected chi connectivity index (χ4v) is 6.78. The van der Waals surface area contributed by atoms with Gasteiger partial charge in [0.15, 0.2) is 0 Å². The van der Waals surface area contributed by atoms with E-state index in [4.69, 9.17) is 34.8 Å². The van der Waals surface area contributed by atoms with E-state index in [0.29, 0.717) is 40.1 Å². The zero-order valence-corrected chi connectivity index (χ0v) is 25.7. The number of sulfonamides is 1. The van der Waals surface area contributed by atoms with E-state index in [0.717, 1.165) is 24.0 Å². The predicted molar refractivity (Wildman–Crippen MR) is 163 cm³/mol. The summed E-state index contributed by atoms with van der Waals surface area (Å²) in [5.74, 6) is -0.532. The molecular formula is C30H32Cl3N3O4S. The molecule has 4 rings (SSSR count). The zero-order valence-electron chi connectivity index (χ0n) is 22.7. The van der Waals surface area contributed by atoms with Crippen LogP contribution < -0.4 is 5.32 Å². The second-order valence-electron chi connectivity index (χ2n) is 10.0. The smallest absolute Gasteiger partial charge is 0.243 e. The Hall–Kier alpha value is -2.62. The number of halogens is 3. The summed E-state index contributed by atoms with van der Waals surface area (Å²) in [7, 11) is -3.50. The molecule has 1 saturated heterocycles. The third-order valence-electron chi connectivity index (χ3n) is 7.16. The van der Waals surface area contributed by atoms with Gasteiger partial charge in [-0.15, -0.1) is 0 Å². The molecule has 0 aromatic heterocycles. The van der Waals surface area contributed by atoms with Crippen molar-refractivity contribution in [3.8, 4) is 0 Å². The van der Waals surface area contributed by atoms with Crippen LogP contribution in [0.3, 0.4) is 0 Å². The highest BCUT2D eigenvalue weighted by molar-refractivity contribution is 7.89. The third-order valence-corrected chi connectivity index (χ3v) is 9.91. The van der Waals surface area contributed by atoms with Gasteiger partial charge in [0, 0.05) is 47.7 Å². The van der Waals surface area contributed by atoms with Gasteiger partial charge < -0.3 is 10.2 Å². The van der Waals surface area contributed by atoms with Gasteiger partial charge in [-0.3, -0.25) is 9.59 Å². The molecule has 0 bridgehead atoms. The van der Waals surface area contributed by atoms with E-state index in [1.807, 2.05) is 12.1 Å². The lowest BCUT2D eigenvalue weighted by Crippen LogP contribution is -2.47. The number of rotatable bonds is 11. The number of carbonyl (C=O) groups excluding carboxylic acids is 2. The summed E-state index contributed by atoms with van der Waals surface area (Å²) >= 11 is 18.2. The Balaban J connectivity index is 1.43. The first-order chi connectivity index (χ1) is 19.5. The highest BCUT2D eigenvalue weighted by atomic mass is 35.5. The first kappa shape index (κ1) is 31.3. The predicted octanol–water partition coefficient (Wildman–Crippen LogP) is 6.10. The SMILES string of the molecule is CC(C(=O)NCc1ccc(Cl)cc1Cl)N(Cc1ccc(Cl)cc1)C(=O)CCc1ccc(S(=O)(=O)N2CCCC2)cc1. The molecule has 1 N–H and O–H groups in total. The molecule has 0 spiro atoms. The molecule has 1 fully saturated rings. The van der Waals surface area contributed by atoms with Gasteiger partial charge in [-0.25, -0.2) is 8.42 Å². The number of aryl methyl sites for hydroxylation is 1.